The highest BCUT2D eigenvalue weighted by molar-refractivity contribution is 5.42. The summed E-state index contributed by atoms with van der Waals surface area (Å²) in [5.41, 5.74) is 2.50. The first-order valence-electron chi connectivity index (χ1n) is 6.60. The summed E-state index contributed by atoms with van der Waals surface area (Å²) in [6.07, 6.45) is 0. The number of rotatable bonds is 4. The van der Waals surface area contributed by atoms with Gasteiger partial charge in [0.15, 0.2) is 0 Å². The van der Waals surface area contributed by atoms with E-state index >= 15 is 0 Å². The normalized spacial score (nSPS) is 13.8. The van der Waals surface area contributed by atoms with E-state index in [1.54, 1.807) is 7.11 Å². The van der Waals surface area contributed by atoms with Gasteiger partial charge in [0.25, 0.3) is 0 Å². The van der Waals surface area contributed by atoms with Crippen LogP contribution in [0.15, 0.2) is 18.2 Å². The molecule has 0 fully saturated rings. The lowest BCUT2D eigenvalue weighted by Gasteiger charge is -2.25. The molecule has 2 nitrogen and oxygen atoms in total. The van der Waals surface area contributed by atoms with Crippen LogP contribution < -0.4 is 4.74 Å². The second-order valence-corrected chi connectivity index (χ2v) is 6.24. The van der Waals surface area contributed by atoms with Crippen LogP contribution in [0.25, 0.3) is 0 Å². The van der Waals surface area contributed by atoms with Crippen molar-refractivity contribution in [3.05, 3.63) is 29.3 Å². The van der Waals surface area contributed by atoms with Crippen molar-refractivity contribution in [1.82, 2.24) is 0 Å². The van der Waals surface area contributed by atoms with E-state index in [2.05, 4.69) is 46.8 Å². The number of methoxy groups -OCH3 is 1. The minimum atomic E-state index is 0.109. The van der Waals surface area contributed by atoms with Gasteiger partial charge in [-0.1, -0.05) is 46.8 Å². The van der Waals surface area contributed by atoms with Crippen LogP contribution in [0.2, 0.25) is 0 Å². The maximum Gasteiger partial charge on any atom is 0.122 e. The van der Waals surface area contributed by atoms with Crippen LogP contribution in [0.3, 0.4) is 0 Å². The zero-order valence-corrected chi connectivity index (χ0v) is 12.4. The summed E-state index contributed by atoms with van der Waals surface area (Å²) < 4.78 is 5.43. The van der Waals surface area contributed by atoms with Gasteiger partial charge in [-0.3, -0.25) is 0 Å². The number of aliphatic hydroxyl groups excluding tert-OH is 1. The average Bonchev–Trinajstić information content (AvgIpc) is 2.28. The van der Waals surface area contributed by atoms with Crippen molar-refractivity contribution in [2.75, 3.05) is 13.7 Å². The zero-order chi connectivity index (χ0) is 13.9. The van der Waals surface area contributed by atoms with Gasteiger partial charge in [-0.15, -0.1) is 0 Å². The van der Waals surface area contributed by atoms with Crippen LogP contribution in [0.1, 0.15) is 51.7 Å². The van der Waals surface area contributed by atoms with Crippen molar-refractivity contribution in [3.8, 4) is 5.75 Å². The zero-order valence-electron chi connectivity index (χ0n) is 12.4. The van der Waals surface area contributed by atoms with E-state index in [0.29, 0.717) is 5.92 Å². The molecule has 0 radical (unpaired) electrons. The Morgan fingerprint density at radius 2 is 1.83 bits per heavy atom. The second kappa shape index (κ2) is 5.75. The number of hydrogen-bond acceptors (Lipinski definition) is 2. The fraction of sp³-hybridized carbons (Fsp3) is 0.625. The molecule has 1 aromatic rings. The van der Waals surface area contributed by atoms with E-state index in [0.717, 1.165) is 11.3 Å². The van der Waals surface area contributed by atoms with E-state index in [1.807, 2.05) is 6.07 Å². The number of ether oxygens (including phenoxy) is 1. The van der Waals surface area contributed by atoms with Crippen molar-refractivity contribution >= 4 is 0 Å². The van der Waals surface area contributed by atoms with E-state index in [1.165, 1.54) is 5.56 Å². The molecule has 0 aromatic heterocycles. The van der Waals surface area contributed by atoms with E-state index in [-0.39, 0.29) is 17.9 Å². The second-order valence-electron chi connectivity index (χ2n) is 6.24. The Labute approximate surface area is 111 Å². The van der Waals surface area contributed by atoms with Gasteiger partial charge in [0.2, 0.25) is 0 Å². The number of aliphatic hydroxyl groups is 1. The molecule has 1 aromatic carbocycles. The smallest absolute Gasteiger partial charge is 0.122 e. The van der Waals surface area contributed by atoms with Crippen molar-refractivity contribution in [1.29, 1.82) is 0 Å². The van der Waals surface area contributed by atoms with Crippen LogP contribution in [0, 0.1) is 5.92 Å². The van der Waals surface area contributed by atoms with Gasteiger partial charge in [0, 0.05) is 11.5 Å². The van der Waals surface area contributed by atoms with Gasteiger partial charge in [-0.25, -0.2) is 0 Å². The first-order chi connectivity index (χ1) is 8.31. The molecule has 18 heavy (non-hydrogen) atoms. The maximum atomic E-state index is 9.61. The molecule has 0 bridgehead atoms. The summed E-state index contributed by atoms with van der Waals surface area (Å²) in [7, 11) is 1.68. The lowest BCUT2D eigenvalue weighted by Crippen LogP contribution is -2.16. The molecular weight excluding hydrogens is 224 g/mol. The fourth-order valence-corrected chi connectivity index (χ4v) is 2.16. The van der Waals surface area contributed by atoms with Crippen molar-refractivity contribution in [2.45, 2.75) is 46.0 Å². The lowest BCUT2D eigenvalue weighted by atomic mass is 9.82. The number of benzene rings is 1. The molecule has 1 N–H and O–H groups in total. The molecule has 0 aliphatic rings. The van der Waals surface area contributed by atoms with Gasteiger partial charge in [-0.05, 0) is 23.0 Å². The molecule has 2 heteroatoms. The quantitative estimate of drug-likeness (QED) is 0.882. The van der Waals surface area contributed by atoms with E-state index < -0.39 is 0 Å². The summed E-state index contributed by atoms with van der Waals surface area (Å²) >= 11 is 0. The van der Waals surface area contributed by atoms with Gasteiger partial charge >= 0.3 is 0 Å². The van der Waals surface area contributed by atoms with Crippen LogP contribution in [0.4, 0.5) is 0 Å². The molecule has 0 amide bonds. The lowest BCUT2D eigenvalue weighted by molar-refractivity contribution is 0.234. The minimum Gasteiger partial charge on any atom is -0.496 e. The Hall–Kier alpha value is -1.02. The Balaban J connectivity index is 3.29. The van der Waals surface area contributed by atoms with Gasteiger partial charge in [-0.2, -0.15) is 0 Å². The number of hydrogen-bond donors (Lipinski definition) is 1. The molecule has 1 unspecified atom stereocenters. The Morgan fingerprint density at radius 1 is 1.22 bits per heavy atom. The topological polar surface area (TPSA) is 29.5 Å². The largest absolute Gasteiger partial charge is 0.496 e. The molecule has 0 aliphatic heterocycles. The molecule has 0 heterocycles. The standard InChI is InChI=1S/C16H26O2/c1-11(2)14(10-17)13-9-12(16(3,4)5)7-8-15(13)18-6/h7-9,11,14,17H,10H2,1-6H3. The van der Waals surface area contributed by atoms with Crippen LogP contribution in [-0.2, 0) is 5.41 Å². The highest BCUT2D eigenvalue weighted by Gasteiger charge is 2.22. The minimum absolute atomic E-state index is 0.109. The van der Waals surface area contributed by atoms with Crippen molar-refractivity contribution in [2.24, 2.45) is 5.92 Å². The molecule has 0 spiro atoms. The Bertz CT molecular complexity index is 389. The van der Waals surface area contributed by atoms with Crippen molar-refractivity contribution < 1.29 is 9.84 Å². The monoisotopic (exact) mass is 250 g/mol. The molecule has 0 saturated heterocycles. The predicted octanol–water partition coefficient (Wildman–Crippen LogP) is 3.72. The Morgan fingerprint density at radius 3 is 2.22 bits per heavy atom. The molecule has 102 valence electrons. The van der Waals surface area contributed by atoms with Gasteiger partial charge in [0.05, 0.1) is 13.7 Å². The Kier molecular flexibility index (Phi) is 4.80. The predicted molar refractivity (Wildman–Crippen MR) is 76.4 cm³/mol. The summed E-state index contributed by atoms with van der Waals surface area (Å²) in [6, 6.07) is 6.30. The van der Waals surface area contributed by atoms with Gasteiger partial charge < -0.3 is 9.84 Å². The third-order valence-corrected chi connectivity index (χ3v) is 3.50. The molecule has 0 aliphatic carbocycles. The molecular formula is C16H26O2. The summed E-state index contributed by atoms with van der Waals surface area (Å²) in [6.45, 7) is 11.0. The van der Waals surface area contributed by atoms with Crippen LogP contribution >= 0.6 is 0 Å². The SMILES string of the molecule is COc1ccc(C(C)(C)C)cc1C(CO)C(C)C. The molecule has 1 atom stereocenters. The third kappa shape index (κ3) is 3.26. The first-order valence-corrected chi connectivity index (χ1v) is 6.60. The highest BCUT2D eigenvalue weighted by atomic mass is 16.5. The van der Waals surface area contributed by atoms with Crippen LogP contribution in [-0.4, -0.2) is 18.8 Å². The summed E-state index contributed by atoms with van der Waals surface area (Å²) in [4.78, 5) is 0. The summed E-state index contributed by atoms with van der Waals surface area (Å²) in [5.74, 6) is 1.39. The van der Waals surface area contributed by atoms with E-state index in [4.69, 9.17) is 4.74 Å². The van der Waals surface area contributed by atoms with E-state index in [9.17, 15) is 5.11 Å². The average molecular weight is 250 g/mol. The van der Waals surface area contributed by atoms with Gasteiger partial charge in [0.1, 0.15) is 5.75 Å². The van der Waals surface area contributed by atoms with Crippen LogP contribution in [0.5, 0.6) is 5.75 Å². The highest BCUT2D eigenvalue weighted by Crippen LogP contribution is 2.35. The first kappa shape index (κ1) is 15.0. The fourth-order valence-electron chi connectivity index (χ4n) is 2.16. The molecule has 1 rings (SSSR count). The maximum absolute atomic E-state index is 9.61. The summed E-state index contributed by atoms with van der Waals surface area (Å²) in [5, 5.41) is 9.61. The van der Waals surface area contributed by atoms with Crippen molar-refractivity contribution in [3.63, 3.8) is 0 Å². The molecule has 0 saturated carbocycles. The third-order valence-electron chi connectivity index (χ3n) is 3.50.